The summed E-state index contributed by atoms with van der Waals surface area (Å²) >= 11 is 1.47. The van der Waals surface area contributed by atoms with E-state index in [0.29, 0.717) is 31.1 Å². The summed E-state index contributed by atoms with van der Waals surface area (Å²) in [5, 5.41) is 11.4. The molecule has 0 spiro atoms. The number of carboxylic acids is 1. The summed E-state index contributed by atoms with van der Waals surface area (Å²) in [6.07, 6.45) is 0.425. The Morgan fingerprint density at radius 2 is 2.04 bits per heavy atom. The fourth-order valence-corrected chi connectivity index (χ4v) is 3.26. The molecule has 1 aromatic carbocycles. The lowest BCUT2D eigenvalue weighted by molar-refractivity contribution is -0.138. The Bertz CT molecular complexity index is 670. The molecular weight excluding hydrogens is 338 g/mol. The predicted octanol–water partition coefficient (Wildman–Crippen LogP) is 3.50. The Labute approximate surface area is 152 Å². The molecule has 25 heavy (non-hydrogen) atoms. The largest absolute Gasteiger partial charge is 0.490 e. The maximum Gasteiger partial charge on any atom is 0.312 e. The van der Waals surface area contributed by atoms with Crippen LogP contribution in [0.15, 0.2) is 35.7 Å². The number of rotatable bonds is 10. The van der Waals surface area contributed by atoms with Gasteiger partial charge in [-0.2, -0.15) is 0 Å². The first-order chi connectivity index (χ1) is 12.0. The van der Waals surface area contributed by atoms with Crippen LogP contribution in [0.3, 0.4) is 0 Å². The zero-order chi connectivity index (χ0) is 18.2. The van der Waals surface area contributed by atoms with Gasteiger partial charge in [0.15, 0.2) is 11.5 Å². The number of carboxylic acid groups (broad SMARTS) is 1. The fourth-order valence-electron chi connectivity index (χ4n) is 2.44. The zero-order valence-corrected chi connectivity index (χ0v) is 15.7. The Morgan fingerprint density at radius 3 is 2.64 bits per heavy atom. The highest BCUT2D eigenvalue weighted by molar-refractivity contribution is 7.10. The third-order valence-electron chi connectivity index (χ3n) is 3.73. The second-order valence-electron chi connectivity index (χ2n) is 5.98. The second kappa shape index (κ2) is 9.44. The molecule has 0 radical (unpaired) electrons. The average molecular weight is 363 g/mol. The van der Waals surface area contributed by atoms with Crippen LogP contribution in [0.25, 0.3) is 0 Å². The van der Waals surface area contributed by atoms with Gasteiger partial charge < -0.3 is 19.5 Å². The normalized spacial score (nSPS) is 12.2. The highest BCUT2D eigenvalue weighted by atomic mass is 32.1. The summed E-state index contributed by atoms with van der Waals surface area (Å²) in [5.74, 6) is -0.00812. The lowest BCUT2D eigenvalue weighted by Gasteiger charge is -2.16. The van der Waals surface area contributed by atoms with Crippen molar-refractivity contribution in [2.45, 2.75) is 19.3 Å². The van der Waals surface area contributed by atoms with Crippen LogP contribution in [0.2, 0.25) is 0 Å². The number of likely N-dealkylation sites (N-methyl/N-ethyl adjacent to an activating group) is 1. The number of hydrogen-bond acceptors (Lipinski definition) is 5. The maximum atomic E-state index is 11.6. The number of hydrogen-bond donors (Lipinski definition) is 1. The van der Waals surface area contributed by atoms with Gasteiger partial charge in [-0.25, -0.2) is 0 Å². The molecule has 6 heteroatoms. The van der Waals surface area contributed by atoms with Gasteiger partial charge in [-0.05, 0) is 56.6 Å². The second-order valence-corrected chi connectivity index (χ2v) is 6.96. The van der Waals surface area contributed by atoms with Gasteiger partial charge in [0.05, 0.1) is 12.5 Å². The molecule has 136 valence electrons. The summed E-state index contributed by atoms with van der Waals surface area (Å²) in [6, 6.07) is 9.41. The van der Waals surface area contributed by atoms with Gasteiger partial charge in [-0.3, -0.25) is 4.79 Å². The van der Waals surface area contributed by atoms with Crippen LogP contribution in [0, 0.1) is 0 Å². The molecule has 2 rings (SSSR count). The van der Waals surface area contributed by atoms with Crippen LogP contribution in [0.1, 0.15) is 23.3 Å². The van der Waals surface area contributed by atoms with Gasteiger partial charge in [-0.1, -0.05) is 12.1 Å². The van der Waals surface area contributed by atoms with Crippen LogP contribution in [0.5, 0.6) is 11.5 Å². The molecule has 0 aliphatic heterocycles. The standard InChI is InChI=1S/C19H25NO4S/c1-4-23-17-13-14(7-8-16(17)24-10-9-20(2)3)12-15(19(21)22)18-6-5-11-25-18/h5-8,11,13,15H,4,9-10,12H2,1-3H3,(H,21,22). The molecule has 1 atom stereocenters. The molecule has 1 N–H and O–H groups in total. The summed E-state index contributed by atoms with van der Waals surface area (Å²) in [5.41, 5.74) is 0.921. The quantitative estimate of drug-likeness (QED) is 0.700. The van der Waals surface area contributed by atoms with Crippen molar-refractivity contribution in [3.05, 3.63) is 46.2 Å². The van der Waals surface area contributed by atoms with Gasteiger partial charge in [0.1, 0.15) is 6.61 Å². The SMILES string of the molecule is CCOc1cc(CC(C(=O)O)c2cccs2)ccc1OCCN(C)C. The first-order valence-corrected chi connectivity index (χ1v) is 9.18. The minimum absolute atomic E-state index is 0.425. The molecular formula is C19H25NO4S. The van der Waals surface area contributed by atoms with E-state index in [-0.39, 0.29) is 0 Å². The molecule has 0 amide bonds. The summed E-state index contributed by atoms with van der Waals surface area (Å²) in [6.45, 7) is 3.83. The Morgan fingerprint density at radius 1 is 1.24 bits per heavy atom. The van der Waals surface area contributed by atoms with Gasteiger partial charge in [0.2, 0.25) is 0 Å². The Balaban J connectivity index is 2.15. The Kier molecular flexibility index (Phi) is 7.28. The molecule has 1 heterocycles. The molecule has 1 unspecified atom stereocenters. The van der Waals surface area contributed by atoms with Crippen molar-refractivity contribution in [2.75, 3.05) is 33.9 Å². The van der Waals surface area contributed by atoms with Gasteiger partial charge in [0.25, 0.3) is 0 Å². The molecule has 1 aromatic heterocycles. The molecule has 2 aromatic rings. The van der Waals surface area contributed by atoms with E-state index < -0.39 is 11.9 Å². The summed E-state index contributed by atoms with van der Waals surface area (Å²) in [4.78, 5) is 14.5. The third kappa shape index (κ3) is 5.76. The predicted molar refractivity (Wildman–Crippen MR) is 100 cm³/mol. The molecule has 0 saturated carbocycles. The maximum absolute atomic E-state index is 11.6. The van der Waals surface area contributed by atoms with Crippen LogP contribution in [0.4, 0.5) is 0 Å². The van der Waals surface area contributed by atoms with E-state index in [0.717, 1.165) is 17.0 Å². The van der Waals surface area contributed by atoms with Gasteiger partial charge in [0, 0.05) is 11.4 Å². The van der Waals surface area contributed by atoms with E-state index in [4.69, 9.17) is 9.47 Å². The minimum Gasteiger partial charge on any atom is -0.490 e. The lowest BCUT2D eigenvalue weighted by atomic mass is 9.97. The number of thiophene rings is 1. The smallest absolute Gasteiger partial charge is 0.312 e. The van der Waals surface area contributed by atoms with E-state index in [1.54, 1.807) is 0 Å². The van der Waals surface area contributed by atoms with Crippen molar-refractivity contribution in [1.29, 1.82) is 0 Å². The van der Waals surface area contributed by atoms with Crippen LogP contribution in [-0.2, 0) is 11.2 Å². The minimum atomic E-state index is -0.813. The summed E-state index contributed by atoms with van der Waals surface area (Å²) < 4.78 is 11.5. The number of ether oxygens (including phenoxy) is 2. The van der Waals surface area contributed by atoms with Crippen molar-refractivity contribution in [1.82, 2.24) is 4.90 Å². The van der Waals surface area contributed by atoms with E-state index in [9.17, 15) is 9.90 Å². The van der Waals surface area contributed by atoms with Crippen molar-refractivity contribution in [3.8, 4) is 11.5 Å². The fraction of sp³-hybridized carbons (Fsp3) is 0.421. The summed E-state index contributed by atoms with van der Waals surface area (Å²) in [7, 11) is 3.99. The van der Waals surface area contributed by atoms with Crippen LogP contribution >= 0.6 is 11.3 Å². The molecule has 5 nitrogen and oxygen atoms in total. The third-order valence-corrected chi connectivity index (χ3v) is 4.71. The molecule has 0 fully saturated rings. The molecule has 0 aliphatic rings. The average Bonchev–Trinajstić information content (AvgIpc) is 3.08. The molecule has 0 saturated heterocycles. The molecule has 0 aliphatic carbocycles. The molecule has 0 bridgehead atoms. The number of benzene rings is 1. The Hall–Kier alpha value is -2.05. The van der Waals surface area contributed by atoms with Crippen LogP contribution in [-0.4, -0.2) is 49.8 Å². The number of nitrogens with zero attached hydrogens (tertiary/aromatic N) is 1. The zero-order valence-electron chi connectivity index (χ0n) is 14.9. The van der Waals surface area contributed by atoms with Crippen molar-refractivity contribution >= 4 is 17.3 Å². The number of carbonyl (C=O) groups is 1. The monoisotopic (exact) mass is 363 g/mol. The first kappa shape index (κ1) is 19.3. The first-order valence-electron chi connectivity index (χ1n) is 8.30. The van der Waals surface area contributed by atoms with Crippen molar-refractivity contribution in [3.63, 3.8) is 0 Å². The topological polar surface area (TPSA) is 59.0 Å². The van der Waals surface area contributed by atoms with Crippen molar-refractivity contribution < 1.29 is 19.4 Å². The van der Waals surface area contributed by atoms with E-state index >= 15 is 0 Å². The van der Waals surface area contributed by atoms with E-state index in [2.05, 4.69) is 0 Å². The lowest BCUT2D eigenvalue weighted by Crippen LogP contribution is -2.19. The van der Waals surface area contributed by atoms with Gasteiger partial charge >= 0.3 is 5.97 Å². The highest BCUT2D eigenvalue weighted by Gasteiger charge is 2.22. The van der Waals surface area contributed by atoms with E-state index in [1.807, 2.05) is 61.6 Å². The van der Waals surface area contributed by atoms with Crippen molar-refractivity contribution in [2.24, 2.45) is 0 Å². The van der Waals surface area contributed by atoms with Gasteiger partial charge in [-0.15, -0.1) is 11.3 Å². The highest BCUT2D eigenvalue weighted by Crippen LogP contribution is 2.32. The van der Waals surface area contributed by atoms with E-state index in [1.165, 1.54) is 11.3 Å². The number of aliphatic carboxylic acids is 1. The van der Waals surface area contributed by atoms with Crippen LogP contribution < -0.4 is 9.47 Å².